The second kappa shape index (κ2) is 3.94. The molecule has 0 bridgehead atoms. The average Bonchev–Trinajstić information content (AvgIpc) is 2.90. The van der Waals surface area contributed by atoms with Crippen LogP contribution in [0.15, 0.2) is 28.7 Å². The molecule has 0 aliphatic carbocycles. The summed E-state index contributed by atoms with van der Waals surface area (Å²) in [6.45, 7) is 1.88. The van der Waals surface area contributed by atoms with Crippen molar-refractivity contribution in [2.75, 3.05) is 0 Å². The summed E-state index contributed by atoms with van der Waals surface area (Å²) in [6.07, 6.45) is 0. The fourth-order valence-corrected chi connectivity index (χ4v) is 1.98. The van der Waals surface area contributed by atoms with Crippen LogP contribution in [0.5, 0.6) is 0 Å². The summed E-state index contributed by atoms with van der Waals surface area (Å²) in [4.78, 5) is 15.2. The SMILES string of the molecule is Cc1cc(-c2nc3ccc(C(=O)O)cc3o2)n(C)n1. The van der Waals surface area contributed by atoms with Crippen LogP contribution in [0.1, 0.15) is 16.1 Å². The first kappa shape index (κ1) is 11.5. The van der Waals surface area contributed by atoms with Crippen LogP contribution in [-0.4, -0.2) is 25.8 Å². The standard InChI is InChI=1S/C13H11N3O3/c1-7-5-10(16(2)15-7)12-14-9-4-3-8(13(17)18)6-11(9)19-12/h3-6H,1-2H3,(H,17,18). The summed E-state index contributed by atoms with van der Waals surface area (Å²) in [5, 5.41) is 13.2. The third kappa shape index (κ3) is 1.87. The molecule has 0 aliphatic heterocycles. The lowest BCUT2D eigenvalue weighted by atomic mass is 10.2. The quantitative estimate of drug-likeness (QED) is 0.761. The van der Waals surface area contributed by atoms with Gasteiger partial charge in [0.1, 0.15) is 11.2 Å². The Hall–Kier alpha value is -2.63. The molecule has 2 aromatic heterocycles. The molecular weight excluding hydrogens is 246 g/mol. The summed E-state index contributed by atoms with van der Waals surface area (Å²) in [5.74, 6) is -0.558. The summed E-state index contributed by atoms with van der Waals surface area (Å²) in [5.41, 5.74) is 2.88. The number of aromatic carboxylic acids is 1. The fraction of sp³-hybridized carbons (Fsp3) is 0.154. The molecule has 1 N–H and O–H groups in total. The fourth-order valence-electron chi connectivity index (χ4n) is 1.98. The summed E-state index contributed by atoms with van der Waals surface area (Å²) in [6, 6.07) is 6.47. The lowest BCUT2D eigenvalue weighted by Gasteiger charge is -1.94. The van der Waals surface area contributed by atoms with Gasteiger partial charge in [0.15, 0.2) is 5.58 Å². The monoisotopic (exact) mass is 257 g/mol. The highest BCUT2D eigenvalue weighted by Gasteiger charge is 2.14. The maximum Gasteiger partial charge on any atom is 0.335 e. The second-order valence-corrected chi connectivity index (χ2v) is 4.30. The van der Waals surface area contributed by atoms with E-state index in [9.17, 15) is 4.79 Å². The number of carboxylic acids is 1. The van der Waals surface area contributed by atoms with Crippen LogP contribution in [0.2, 0.25) is 0 Å². The first-order valence-electron chi connectivity index (χ1n) is 5.69. The van der Waals surface area contributed by atoms with Gasteiger partial charge in [0, 0.05) is 7.05 Å². The molecule has 0 fully saturated rings. The lowest BCUT2D eigenvalue weighted by Crippen LogP contribution is -1.94. The van der Waals surface area contributed by atoms with Crippen molar-refractivity contribution in [1.82, 2.24) is 14.8 Å². The van der Waals surface area contributed by atoms with E-state index in [1.807, 2.05) is 13.0 Å². The number of aryl methyl sites for hydroxylation is 2. The maximum atomic E-state index is 10.9. The molecule has 19 heavy (non-hydrogen) atoms. The first-order chi connectivity index (χ1) is 9.04. The highest BCUT2D eigenvalue weighted by molar-refractivity contribution is 5.92. The van der Waals surface area contributed by atoms with E-state index >= 15 is 0 Å². The van der Waals surface area contributed by atoms with Crippen LogP contribution in [0, 0.1) is 6.92 Å². The highest BCUT2D eigenvalue weighted by Crippen LogP contribution is 2.25. The Morgan fingerprint density at radius 2 is 2.16 bits per heavy atom. The third-order valence-electron chi connectivity index (χ3n) is 2.86. The zero-order valence-corrected chi connectivity index (χ0v) is 10.4. The molecule has 0 unspecified atom stereocenters. The number of rotatable bonds is 2. The molecule has 0 aliphatic rings. The maximum absolute atomic E-state index is 10.9. The Labute approximate surface area is 108 Å². The van der Waals surface area contributed by atoms with E-state index < -0.39 is 5.97 Å². The summed E-state index contributed by atoms with van der Waals surface area (Å²) >= 11 is 0. The minimum Gasteiger partial charge on any atom is -0.478 e. The van der Waals surface area contributed by atoms with Crippen molar-refractivity contribution in [2.24, 2.45) is 7.05 Å². The zero-order chi connectivity index (χ0) is 13.6. The number of carboxylic acid groups (broad SMARTS) is 1. The number of fused-ring (bicyclic) bond motifs is 1. The molecule has 0 radical (unpaired) electrons. The van der Waals surface area contributed by atoms with Crippen molar-refractivity contribution in [3.05, 3.63) is 35.5 Å². The van der Waals surface area contributed by atoms with Crippen molar-refractivity contribution >= 4 is 17.1 Å². The molecule has 96 valence electrons. The van der Waals surface area contributed by atoms with Crippen molar-refractivity contribution < 1.29 is 14.3 Å². The first-order valence-corrected chi connectivity index (χ1v) is 5.69. The van der Waals surface area contributed by atoms with Crippen molar-refractivity contribution in [1.29, 1.82) is 0 Å². The molecule has 1 aromatic carbocycles. The molecule has 0 atom stereocenters. The normalized spacial score (nSPS) is 11.1. The molecule has 0 saturated carbocycles. The summed E-state index contributed by atoms with van der Waals surface area (Å²) in [7, 11) is 1.81. The van der Waals surface area contributed by atoms with Gasteiger partial charge < -0.3 is 9.52 Å². The summed E-state index contributed by atoms with van der Waals surface area (Å²) < 4.78 is 7.28. The van der Waals surface area contributed by atoms with Crippen LogP contribution in [-0.2, 0) is 7.05 Å². The predicted octanol–water partition coefficient (Wildman–Crippen LogP) is 2.23. The Bertz CT molecular complexity index is 786. The van der Waals surface area contributed by atoms with Gasteiger partial charge in [-0.1, -0.05) is 0 Å². The van der Waals surface area contributed by atoms with E-state index in [-0.39, 0.29) is 5.56 Å². The van der Waals surface area contributed by atoms with E-state index in [0.29, 0.717) is 17.0 Å². The number of nitrogens with zero attached hydrogens (tertiary/aromatic N) is 3. The van der Waals surface area contributed by atoms with Crippen LogP contribution in [0.3, 0.4) is 0 Å². The number of oxazole rings is 1. The topological polar surface area (TPSA) is 81.1 Å². The van der Waals surface area contributed by atoms with Gasteiger partial charge in [-0.05, 0) is 31.2 Å². The van der Waals surface area contributed by atoms with Crippen molar-refractivity contribution in [3.8, 4) is 11.6 Å². The van der Waals surface area contributed by atoms with Crippen LogP contribution < -0.4 is 0 Å². The minimum atomic E-state index is -0.990. The van der Waals surface area contributed by atoms with E-state index in [2.05, 4.69) is 10.1 Å². The molecule has 0 saturated heterocycles. The molecule has 3 rings (SSSR count). The van der Waals surface area contributed by atoms with Gasteiger partial charge in [0.25, 0.3) is 0 Å². The van der Waals surface area contributed by atoms with Gasteiger partial charge in [-0.15, -0.1) is 0 Å². The Balaban J connectivity index is 2.16. The lowest BCUT2D eigenvalue weighted by molar-refractivity contribution is 0.0697. The number of carbonyl (C=O) groups is 1. The van der Waals surface area contributed by atoms with E-state index in [0.717, 1.165) is 11.4 Å². The average molecular weight is 257 g/mol. The third-order valence-corrected chi connectivity index (χ3v) is 2.86. The molecule has 6 heteroatoms. The van der Waals surface area contributed by atoms with Gasteiger partial charge in [-0.2, -0.15) is 5.10 Å². The molecule has 2 heterocycles. The minimum absolute atomic E-state index is 0.177. The largest absolute Gasteiger partial charge is 0.478 e. The van der Waals surface area contributed by atoms with Gasteiger partial charge in [0.2, 0.25) is 5.89 Å². The van der Waals surface area contributed by atoms with Crippen LogP contribution in [0.4, 0.5) is 0 Å². The Kier molecular flexibility index (Phi) is 2.38. The van der Waals surface area contributed by atoms with Gasteiger partial charge in [-0.25, -0.2) is 9.78 Å². The van der Waals surface area contributed by atoms with E-state index in [1.54, 1.807) is 17.8 Å². The van der Waals surface area contributed by atoms with Gasteiger partial charge >= 0.3 is 5.97 Å². The van der Waals surface area contributed by atoms with Crippen molar-refractivity contribution in [3.63, 3.8) is 0 Å². The van der Waals surface area contributed by atoms with E-state index in [4.69, 9.17) is 9.52 Å². The molecule has 0 spiro atoms. The number of hydrogen-bond acceptors (Lipinski definition) is 4. The van der Waals surface area contributed by atoms with Crippen LogP contribution in [0.25, 0.3) is 22.7 Å². The Morgan fingerprint density at radius 1 is 1.37 bits per heavy atom. The molecular formula is C13H11N3O3. The smallest absolute Gasteiger partial charge is 0.335 e. The predicted molar refractivity (Wildman–Crippen MR) is 67.9 cm³/mol. The second-order valence-electron chi connectivity index (χ2n) is 4.30. The highest BCUT2D eigenvalue weighted by atomic mass is 16.4. The van der Waals surface area contributed by atoms with Crippen LogP contribution >= 0.6 is 0 Å². The Morgan fingerprint density at radius 3 is 2.79 bits per heavy atom. The molecule has 3 aromatic rings. The van der Waals surface area contributed by atoms with Gasteiger partial charge in [0.05, 0.1) is 11.3 Å². The molecule has 0 amide bonds. The zero-order valence-electron chi connectivity index (χ0n) is 10.4. The van der Waals surface area contributed by atoms with E-state index in [1.165, 1.54) is 12.1 Å². The number of aromatic nitrogens is 3. The number of hydrogen-bond donors (Lipinski definition) is 1. The van der Waals surface area contributed by atoms with Crippen molar-refractivity contribution in [2.45, 2.75) is 6.92 Å². The molecule has 6 nitrogen and oxygen atoms in total. The van der Waals surface area contributed by atoms with Gasteiger partial charge in [-0.3, -0.25) is 4.68 Å². The number of benzene rings is 1.